The number of halogens is 1. The summed E-state index contributed by atoms with van der Waals surface area (Å²) in [5.41, 5.74) is 9.67. The molecule has 0 saturated heterocycles. The molecule has 0 atom stereocenters. The third-order valence-corrected chi connectivity index (χ3v) is 7.49. The van der Waals surface area contributed by atoms with Crippen LogP contribution >= 0.6 is 33.9 Å². The summed E-state index contributed by atoms with van der Waals surface area (Å²) in [6.07, 6.45) is 7.41. The standard InChI is InChI=1S/C23H24INS/c1-15-11-22(24)16(2)10-20(15)13-21-14-26-23(25-21)19-9-8-17-6-4-3-5-7-18(17)12-19/h8-12,14H,3-7,13H2,1-2H3. The number of nitrogens with zero attached hydrogens (tertiary/aromatic N) is 1. The second-order valence-electron chi connectivity index (χ2n) is 7.39. The van der Waals surface area contributed by atoms with Crippen molar-refractivity contribution >= 4 is 33.9 Å². The fourth-order valence-electron chi connectivity index (χ4n) is 3.79. The maximum Gasteiger partial charge on any atom is 0.123 e. The van der Waals surface area contributed by atoms with Crippen LogP contribution in [0.4, 0.5) is 0 Å². The third-order valence-electron chi connectivity index (χ3n) is 5.39. The summed E-state index contributed by atoms with van der Waals surface area (Å²) in [7, 11) is 0. The molecule has 0 N–H and O–H groups in total. The first kappa shape index (κ1) is 18.2. The quantitative estimate of drug-likeness (QED) is 0.298. The molecule has 0 amide bonds. The molecule has 134 valence electrons. The Morgan fingerprint density at radius 3 is 2.62 bits per heavy atom. The topological polar surface area (TPSA) is 12.9 Å². The molecule has 26 heavy (non-hydrogen) atoms. The minimum absolute atomic E-state index is 0.922. The van der Waals surface area contributed by atoms with Crippen molar-refractivity contribution in [2.24, 2.45) is 0 Å². The van der Waals surface area contributed by atoms with Gasteiger partial charge in [0.05, 0.1) is 5.69 Å². The normalized spacial score (nSPS) is 14.1. The van der Waals surface area contributed by atoms with E-state index >= 15 is 0 Å². The van der Waals surface area contributed by atoms with E-state index in [1.165, 1.54) is 63.6 Å². The van der Waals surface area contributed by atoms with Gasteiger partial charge in [0.15, 0.2) is 0 Å². The zero-order chi connectivity index (χ0) is 18.1. The molecule has 0 bridgehead atoms. The van der Waals surface area contributed by atoms with Crippen molar-refractivity contribution in [2.75, 3.05) is 0 Å². The SMILES string of the molecule is Cc1cc(Cc2csc(-c3ccc4c(c3)CCCCC4)n2)c(C)cc1I. The second kappa shape index (κ2) is 7.81. The molecule has 1 aliphatic rings. The van der Waals surface area contributed by atoms with E-state index in [1.807, 2.05) is 0 Å². The van der Waals surface area contributed by atoms with Crippen LogP contribution in [0.3, 0.4) is 0 Å². The van der Waals surface area contributed by atoms with E-state index in [9.17, 15) is 0 Å². The number of hydrogen-bond donors (Lipinski definition) is 0. The predicted octanol–water partition coefficient (Wildman–Crippen LogP) is 6.89. The molecule has 0 unspecified atom stereocenters. The molecule has 3 aromatic rings. The smallest absolute Gasteiger partial charge is 0.123 e. The van der Waals surface area contributed by atoms with E-state index in [4.69, 9.17) is 4.98 Å². The lowest BCUT2D eigenvalue weighted by Crippen LogP contribution is -1.95. The van der Waals surface area contributed by atoms with Gasteiger partial charge in [-0.05, 0) is 102 Å². The molecule has 2 aromatic carbocycles. The number of thiazole rings is 1. The van der Waals surface area contributed by atoms with Crippen LogP contribution in [0.1, 0.15) is 52.8 Å². The average Bonchev–Trinajstić information content (AvgIpc) is 2.96. The molecule has 0 fully saturated rings. The van der Waals surface area contributed by atoms with Crippen molar-refractivity contribution in [2.45, 2.75) is 52.4 Å². The number of aryl methyl sites for hydroxylation is 4. The molecular weight excluding hydrogens is 449 g/mol. The van der Waals surface area contributed by atoms with Crippen LogP contribution in [0.5, 0.6) is 0 Å². The van der Waals surface area contributed by atoms with Crippen LogP contribution in [-0.4, -0.2) is 4.98 Å². The first-order valence-corrected chi connectivity index (χ1v) is 11.4. The van der Waals surface area contributed by atoms with E-state index in [0.717, 1.165) is 11.4 Å². The highest BCUT2D eigenvalue weighted by atomic mass is 127. The molecule has 1 aromatic heterocycles. The summed E-state index contributed by atoms with van der Waals surface area (Å²) in [5.74, 6) is 0. The van der Waals surface area contributed by atoms with Crippen LogP contribution in [0.25, 0.3) is 10.6 Å². The van der Waals surface area contributed by atoms with Crippen molar-refractivity contribution < 1.29 is 0 Å². The van der Waals surface area contributed by atoms with Crippen LogP contribution in [-0.2, 0) is 19.3 Å². The zero-order valence-corrected chi connectivity index (χ0v) is 18.4. The lowest BCUT2D eigenvalue weighted by atomic mass is 10.00. The number of hydrogen-bond acceptors (Lipinski definition) is 2. The van der Waals surface area contributed by atoms with E-state index in [-0.39, 0.29) is 0 Å². The van der Waals surface area contributed by atoms with Crippen molar-refractivity contribution in [3.05, 3.63) is 72.8 Å². The number of benzene rings is 2. The average molecular weight is 473 g/mol. The van der Waals surface area contributed by atoms with Gasteiger partial charge in [0.2, 0.25) is 0 Å². The van der Waals surface area contributed by atoms with Gasteiger partial charge < -0.3 is 0 Å². The summed E-state index contributed by atoms with van der Waals surface area (Å²) in [6, 6.07) is 11.6. The van der Waals surface area contributed by atoms with Crippen molar-refractivity contribution in [3.63, 3.8) is 0 Å². The molecule has 0 saturated carbocycles. The third kappa shape index (κ3) is 3.89. The molecule has 1 aliphatic carbocycles. The molecule has 3 heteroatoms. The summed E-state index contributed by atoms with van der Waals surface area (Å²) in [4.78, 5) is 4.96. The Bertz CT molecular complexity index is 941. The molecule has 0 radical (unpaired) electrons. The van der Waals surface area contributed by atoms with Crippen molar-refractivity contribution in [3.8, 4) is 10.6 Å². The molecular formula is C23H24INS. The van der Waals surface area contributed by atoms with Gasteiger partial charge in [-0.15, -0.1) is 11.3 Å². The highest BCUT2D eigenvalue weighted by Crippen LogP contribution is 2.30. The fourth-order valence-corrected chi connectivity index (χ4v) is 5.23. The number of aromatic nitrogens is 1. The fraction of sp³-hybridized carbons (Fsp3) is 0.348. The molecule has 0 spiro atoms. The largest absolute Gasteiger partial charge is 0.241 e. The zero-order valence-electron chi connectivity index (χ0n) is 15.4. The van der Waals surface area contributed by atoms with Gasteiger partial charge in [-0.1, -0.05) is 24.6 Å². The lowest BCUT2D eigenvalue weighted by Gasteiger charge is -2.08. The Morgan fingerprint density at radius 1 is 0.962 bits per heavy atom. The lowest BCUT2D eigenvalue weighted by molar-refractivity contribution is 0.711. The van der Waals surface area contributed by atoms with Gasteiger partial charge >= 0.3 is 0 Å². The van der Waals surface area contributed by atoms with Crippen LogP contribution in [0.2, 0.25) is 0 Å². The molecule has 0 aliphatic heterocycles. The monoisotopic (exact) mass is 473 g/mol. The first-order chi connectivity index (χ1) is 12.6. The van der Waals surface area contributed by atoms with Gasteiger partial charge in [0.25, 0.3) is 0 Å². The van der Waals surface area contributed by atoms with E-state index < -0.39 is 0 Å². The van der Waals surface area contributed by atoms with Gasteiger partial charge in [-0.2, -0.15) is 0 Å². The highest BCUT2D eigenvalue weighted by Gasteiger charge is 2.12. The van der Waals surface area contributed by atoms with E-state index in [1.54, 1.807) is 22.5 Å². The summed E-state index contributed by atoms with van der Waals surface area (Å²) in [6.45, 7) is 4.39. The number of fused-ring (bicyclic) bond motifs is 1. The summed E-state index contributed by atoms with van der Waals surface area (Å²) >= 11 is 4.19. The maximum absolute atomic E-state index is 4.96. The minimum atomic E-state index is 0.922. The summed E-state index contributed by atoms with van der Waals surface area (Å²) in [5, 5.41) is 3.39. The maximum atomic E-state index is 4.96. The van der Waals surface area contributed by atoms with Crippen molar-refractivity contribution in [1.82, 2.24) is 4.98 Å². The predicted molar refractivity (Wildman–Crippen MR) is 120 cm³/mol. The molecule has 1 nitrogen and oxygen atoms in total. The van der Waals surface area contributed by atoms with Gasteiger partial charge in [0.1, 0.15) is 5.01 Å². The molecule has 1 heterocycles. The number of rotatable bonds is 3. The van der Waals surface area contributed by atoms with E-state index in [2.05, 4.69) is 72.2 Å². The van der Waals surface area contributed by atoms with Crippen LogP contribution < -0.4 is 0 Å². The van der Waals surface area contributed by atoms with Crippen LogP contribution in [0, 0.1) is 17.4 Å². The summed E-state index contributed by atoms with van der Waals surface area (Å²) < 4.78 is 1.34. The second-order valence-corrected chi connectivity index (χ2v) is 9.41. The highest BCUT2D eigenvalue weighted by molar-refractivity contribution is 14.1. The van der Waals surface area contributed by atoms with E-state index in [0.29, 0.717) is 0 Å². The first-order valence-electron chi connectivity index (χ1n) is 9.42. The molecule has 4 rings (SSSR count). The van der Waals surface area contributed by atoms with Crippen molar-refractivity contribution in [1.29, 1.82) is 0 Å². The Hall–Kier alpha value is -1.20. The Morgan fingerprint density at radius 2 is 1.77 bits per heavy atom. The van der Waals surface area contributed by atoms with Crippen LogP contribution in [0.15, 0.2) is 35.7 Å². The van der Waals surface area contributed by atoms with Gasteiger partial charge in [-0.25, -0.2) is 4.98 Å². The van der Waals surface area contributed by atoms with Gasteiger partial charge in [0, 0.05) is 20.9 Å². The minimum Gasteiger partial charge on any atom is -0.241 e. The van der Waals surface area contributed by atoms with Gasteiger partial charge in [-0.3, -0.25) is 0 Å². The Labute approximate surface area is 174 Å². The Kier molecular flexibility index (Phi) is 5.46. The Balaban J connectivity index is 1.59.